The Morgan fingerprint density at radius 2 is 2.21 bits per heavy atom. The van der Waals surface area contributed by atoms with Gasteiger partial charge in [0.2, 0.25) is 5.71 Å². The lowest BCUT2D eigenvalue weighted by atomic mass is 10.1. The predicted molar refractivity (Wildman–Crippen MR) is 91.5 cm³/mol. The number of H-pyrrole nitrogens is 1. The first kappa shape index (κ1) is 16.7. The molecule has 1 fully saturated rings. The van der Waals surface area contributed by atoms with E-state index < -0.39 is 5.63 Å². The lowest BCUT2D eigenvalue weighted by molar-refractivity contribution is 0.237. The van der Waals surface area contributed by atoms with E-state index in [4.69, 9.17) is 9.15 Å². The summed E-state index contributed by atoms with van der Waals surface area (Å²) in [6.07, 6.45) is 6.37. The van der Waals surface area contributed by atoms with Crippen molar-refractivity contribution in [2.75, 3.05) is 6.61 Å². The summed E-state index contributed by atoms with van der Waals surface area (Å²) in [5.41, 5.74) is -0.0184. The molecule has 2 heterocycles. The van der Waals surface area contributed by atoms with Crippen LogP contribution in [0.2, 0.25) is 0 Å². The van der Waals surface area contributed by atoms with E-state index in [0.717, 1.165) is 25.2 Å². The molecule has 0 amide bonds. The molecule has 0 saturated heterocycles. The molecule has 1 N–H and O–H groups in total. The highest BCUT2D eigenvalue weighted by Gasteiger charge is 2.21. The molecule has 6 nitrogen and oxygen atoms in total. The molecule has 2 aromatic rings. The van der Waals surface area contributed by atoms with E-state index in [9.17, 15) is 9.59 Å². The molecule has 0 bridgehead atoms. The van der Waals surface area contributed by atoms with Crippen molar-refractivity contribution in [1.82, 2.24) is 9.97 Å². The number of nitrogens with one attached hydrogen (secondary N) is 1. The molecule has 0 radical (unpaired) electrons. The van der Waals surface area contributed by atoms with Crippen LogP contribution in [-0.2, 0) is 6.42 Å². The number of aromatic nitrogens is 2. The predicted octanol–water partition coefficient (Wildman–Crippen LogP) is 3.03. The lowest BCUT2D eigenvalue weighted by Crippen LogP contribution is -2.17. The topological polar surface area (TPSA) is 85.2 Å². The zero-order valence-corrected chi connectivity index (χ0v) is 14.3. The molecule has 6 heteroatoms. The maximum atomic E-state index is 12.4. The average molecular weight is 332 g/mol. The summed E-state index contributed by atoms with van der Waals surface area (Å²) in [4.78, 5) is 31.0. The fourth-order valence-corrected chi connectivity index (χ4v) is 2.72. The molecular weight excluding hydrogens is 308 g/mol. The van der Waals surface area contributed by atoms with Gasteiger partial charge < -0.3 is 9.15 Å². The summed E-state index contributed by atoms with van der Waals surface area (Å²) in [6, 6.07) is 1.51. The van der Waals surface area contributed by atoms with Crippen molar-refractivity contribution in [2.45, 2.75) is 52.4 Å². The van der Waals surface area contributed by atoms with E-state index in [1.165, 1.54) is 18.9 Å². The van der Waals surface area contributed by atoms with Crippen LogP contribution >= 0.6 is 0 Å². The van der Waals surface area contributed by atoms with Crippen LogP contribution in [-0.4, -0.2) is 16.6 Å². The second-order valence-corrected chi connectivity index (χ2v) is 6.80. The minimum absolute atomic E-state index is 0.0619. The fraction of sp³-hybridized carbons (Fsp3) is 0.611. The van der Waals surface area contributed by atoms with Crippen molar-refractivity contribution >= 4 is 11.1 Å². The minimum atomic E-state index is -0.477. The molecule has 1 aliphatic carbocycles. The van der Waals surface area contributed by atoms with E-state index in [-0.39, 0.29) is 17.3 Å². The molecule has 3 rings (SSSR count). The first-order valence-corrected chi connectivity index (χ1v) is 8.76. The Hall–Kier alpha value is -2.11. The smallest absolute Gasteiger partial charge is 0.337 e. The molecule has 130 valence electrons. The van der Waals surface area contributed by atoms with Gasteiger partial charge in [0.25, 0.3) is 11.6 Å². The number of hydrogen-bond donors (Lipinski definition) is 1. The lowest BCUT2D eigenvalue weighted by Gasteiger charge is -2.10. The summed E-state index contributed by atoms with van der Waals surface area (Å²) < 4.78 is 10.6. The number of aryl methyl sites for hydroxylation is 1. The van der Waals surface area contributed by atoms with Gasteiger partial charge in [-0.25, -0.2) is 4.79 Å². The SMILES string of the molecule is CCC(C)COc1nc2oc(=O)cc(CCCC3CC3)c2c(=O)[nH]1. The second kappa shape index (κ2) is 7.20. The Bertz CT molecular complexity index is 820. The van der Waals surface area contributed by atoms with Crippen LogP contribution in [0.25, 0.3) is 11.1 Å². The standard InChI is InChI=1S/C18H24N2O4/c1-3-11(2)10-23-18-19-16(22)15-13(6-4-5-12-7-8-12)9-14(21)24-17(15)20-18/h9,11-12H,3-8,10H2,1-2H3,(H,19,20,22). The molecule has 0 spiro atoms. The highest BCUT2D eigenvalue weighted by Crippen LogP contribution is 2.34. The van der Waals surface area contributed by atoms with Gasteiger partial charge in [-0.1, -0.05) is 39.5 Å². The molecule has 1 aliphatic rings. The molecule has 0 aromatic carbocycles. The number of fused-ring (bicyclic) bond motifs is 1. The highest BCUT2D eigenvalue weighted by atomic mass is 16.5. The van der Waals surface area contributed by atoms with E-state index in [2.05, 4.69) is 23.8 Å². The average Bonchev–Trinajstić information content (AvgIpc) is 3.36. The molecule has 1 unspecified atom stereocenters. The summed E-state index contributed by atoms with van der Waals surface area (Å²) in [5.74, 6) is 1.18. The van der Waals surface area contributed by atoms with E-state index in [1.807, 2.05) is 0 Å². The fourth-order valence-electron chi connectivity index (χ4n) is 2.72. The normalized spacial score (nSPS) is 15.6. The molecule has 1 saturated carbocycles. The van der Waals surface area contributed by atoms with Gasteiger partial charge in [-0.15, -0.1) is 0 Å². The zero-order chi connectivity index (χ0) is 17.1. The van der Waals surface area contributed by atoms with Gasteiger partial charge in [0.15, 0.2) is 0 Å². The van der Waals surface area contributed by atoms with Crippen LogP contribution in [0.15, 0.2) is 20.1 Å². The van der Waals surface area contributed by atoms with Crippen molar-refractivity contribution in [2.24, 2.45) is 11.8 Å². The summed E-state index contributed by atoms with van der Waals surface area (Å²) in [7, 11) is 0. The first-order valence-electron chi connectivity index (χ1n) is 8.76. The Morgan fingerprint density at radius 1 is 1.42 bits per heavy atom. The number of ether oxygens (including phenoxy) is 1. The Labute approximate surface area is 140 Å². The molecular formula is C18H24N2O4. The van der Waals surface area contributed by atoms with Crippen molar-refractivity contribution in [3.05, 3.63) is 32.4 Å². The number of rotatable bonds is 8. The van der Waals surface area contributed by atoms with Crippen LogP contribution in [0.3, 0.4) is 0 Å². The number of aromatic amines is 1. The van der Waals surface area contributed by atoms with Gasteiger partial charge in [-0.2, -0.15) is 4.98 Å². The maximum Gasteiger partial charge on any atom is 0.337 e. The Kier molecular flexibility index (Phi) is 5.02. The monoisotopic (exact) mass is 332 g/mol. The largest absolute Gasteiger partial charge is 0.464 e. The minimum Gasteiger partial charge on any atom is -0.464 e. The Morgan fingerprint density at radius 3 is 2.92 bits per heavy atom. The van der Waals surface area contributed by atoms with Crippen LogP contribution in [0.5, 0.6) is 6.01 Å². The van der Waals surface area contributed by atoms with Crippen LogP contribution in [0.1, 0.15) is 51.5 Å². The first-order chi connectivity index (χ1) is 11.6. The van der Waals surface area contributed by atoms with Crippen molar-refractivity contribution in [1.29, 1.82) is 0 Å². The van der Waals surface area contributed by atoms with Crippen molar-refractivity contribution in [3.8, 4) is 6.01 Å². The van der Waals surface area contributed by atoms with Gasteiger partial charge in [-0.05, 0) is 30.2 Å². The van der Waals surface area contributed by atoms with Crippen LogP contribution in [0, 0.1) is 11.8 Å². The third kappa shape index (κ3) is 4.04. The number of nitrogens with zero attached hydrogens (tertiary/aromatic N) is 1. The van der Waals surface area contributed by atoms with Gasteiger partial charge >= 0.3 is 5.63 Å². The van der Waals surface area contributed by atoms with Crippen LogP contribution < -0.4 is 15.9 Å². The van der Waals surface area contributed by atoms with Gasteiger partial charge in [0, 0.05) is 6.07 Å². The van der Waals surface area contributed by atoms with Gasteiger partial charge in [-0.3, -0.25) is 9.78 Å². The van der Waals surface area contributed by atoms with E-state index in [1.54, 1.807) is 0 Å². The van der Waals surface area contributed by atoms with Crippen LogP contribution in [0.4, 0.5) is 0 Å². The summed E-state index contributed by atoms with van der Waals surface area (Å²) >= 11 is 0. The Balaban J connectivity index is 1.86. The third-order valence-electron chi connectivity index (χ3n) is 4.63. The molecule has 2 aromatic heterocycles. The summed E-state index contributed by atoms with van der Waals surface area (Å²) in [5, 5.41) is 0.362. The van der Waals surface area contributed by atoms with E-state index in [0.29, 0.717) is 29.9 Å². The molecule has 1 atom stereocenters. The quantitative estimate of drug-likeness (QED) is 0.803. The highest BCUT2D eigenvalue weighted by molar-refractivity contribution is 5.75. The molecule has 24 heavy (non-hydrogen) atoms. The number of hydrogen-bond acceptors (Lipinski definition) is 5. The van der Waals surface area contributed by atoms with Crippen molar-refractivity contribution in [3.63, 3.8) is 0 Å². The van der Waals surface area contributed by atoms with Crippen molar-refractivity contribution < 1.29 is 9.15 Å². The maximum absolute atomic E-state index is 12.4. The van der Waals surface area contributed by atoms with E-state index >= 15 is 0 Å². The molecule has 0 aliphatic heterocycles. The van der Waals surface area contributed by atoms with Gasteiger partial charge in [0.05, 0.1) is 6.61 Å². The van der Waals surface area contributed by atoms with Gasteiger partial charge in [0.1, 0.15) is 5.39 Å². The zero-order valence-electron chi connectivity index (χ0n) is 14.3. The third-order valence-corrected chi connectivity index (χ3v) is 4.63. The second-order valence-electron chi connectivity index (χ2n) is 6.80. The summed E-state index contributed by atoms with van der Waals surface area (Å²) in [6.45, 7) is 4.57.